The van der Waals surface area contributed by atoms with Gasteiger partial charge in [-0.25, -0.2) is 0 Å². The van der Waals surface area contributed by atoms with Crippen molar-refractivity contribution in [3.05, 3.63) is 51.8 Å². The van der Waals surface area contributed by atoms with Crippen molar-refractivity contribution in [1.82, 2.24) is 19.9 Å². The normalized spacial score (nSPS) is 37.1. The van der Waals surface area contributed by atoms with Gasteiger partial charge in [-0.3, -0.25) is 24.4 Å². The molecule has 19 heteroatoms. The minimum absolute atomic E-state index is 0.0386. The molecule has 2 aromatic rings. The number of aryl methyl sites for hydroxylation is 2. The number of hydrogen-bond donors (Lipinski definition) is 4. The number of non-ortho nitro benzene ring substituents is 1. The van der Waals surface area contributed by atoms with E-state index in [1.807, 2.05) is 32.0 Å². The van der Waals surface area contributed by atoms with Crippen molar-refractivity contribution >= 4 is 23.2 Å². The summed E-state index contributed by atoms with van der Waals surface area (Å²) in [4.78, 5) is 47.0. The largest absolute Gasteiger partial charge is 0.459 e. The summed E-state index contributed by atoms with van der Waals surface area (Å²) in [6.07, 6.45) is 0.215. The predicted molar refractivity (Wildman–Crippen MR) is 244 cm³/mol. The van der Waals surface area contributed by atoms with Crippen LogP contribution in [-0.4, -0.2) is 145 Å². The maximum Gasteiger partial charge on any atom is 0.316 e. The first-order valence-electron chi connectivity index (χ1n) is 23.6. The molecule has 1 aromatic carbocycles. The van der Waals surface area contributed by atoms with E-state index in [2.05, 4.69) is 15.5 Å². The van der Waals surface area contributed by atoms with Crippen LogP contribution in [0.5, 0.6) is 0 Å². The number of nitro groups is 1. The van der Waals surface area contributed by atoms with E-state index in [0.717, 1.165) is 24.1 Å². The second kappa shape index (κ2) is 22.9. The second-order valence-electron chi connectivity index (χ2n) is 19.5. The molecule has 13 atom stereocenters. The van der Waals surface area contributed by atoms with Crippen molar-refractivity contribution in [3.8, 4) is 0 Å². The van der Waals surface area contributed by atoms with E-state index in [4.69, 9.17) is 29.5 Å². The van der Waals surface area contributed by atoms with Crippen molar-refractivity contribution in [2.75, 3.05) is 20.7 Å². The van der Waals surface area contributed by atoms with Crippen molar-refractivity contribution < 1.29 is 53.6 Å². The Morgan fingerprint density at radius 1 is 1.05 bits per heavy atom. The van der Waals surface area contributed by atoms with Gasteiger partial charge in [0.25, 0.3) is 5.69 Å². The molecule has 66 heavy (non-hydrogen) atoms. The molecule has 3 aliphatic rings. The first-order chi connectivity index (χ1) is 31.1. The summed E-state index contributed by atoms with van der Waals surface area (Å²) in [5.41, 5.74) is 5.13. The fraction of sp³-hybridized carbons (Fsp3) is 0.766. The van der Waals surface area contributed by atoms with Gasteiger partial charge >= 0.3 is 5.97 Å². The highest BCUT2D eigenvalue weighted by Gasteiger charge is 2.52. The summed E-state index contributed by atoms with van der Waals surface area (Å²) in [5.74, 6) is -4.90. The van der Waals surface area contributed by atoms with Crippen LogP contribution in [0, 0.1) is 33.8 Å². The number of nitrogens with two attached hydrogens (primary N) is 1. The van der Waals surface area contributed by atoms with Crippen LogP contribution in [0.15, 0.2) is 35.6 Å². The summed E-state index contributed by atoms with van der Waals surface area (Å²) in [5, 5.41) is 60.2. The van der Waals surface area contributed by atoms with Crippen LogP contribution in [0.3, 0.4) is 0 Å². The summed E-state index contributed by atoms with van der Waals surface area (Å²) in [7, 11) is 3.42. The lowest BCUT2D eigenvalue weighted by molar-refractivity contribution is -0.384. The topological polar surface area (TPSA) is 256 Å². The Balaban J connectivity index is 1.38. The SMILES string of the molecule is CC[C@H]1OC(=O)[C@H](C)C(=O)[C@H](C)[C@@H](O[C@@H]2O[C@H](C)C[C@H](N(C)CCc3cn(CCc4ccc([N+](=O)[O-])cc4)nn3)[C@H]2O)[C@](C)(OC)C[C@@H](C)/C(=N\OC2CCC(N)CC2)[C@H](C)[C@@H](O)[C@]1(C)O. The van der Waals surface area contributed by atoms with E-state index in [1.165, 1.54) is 33.1 Å². The van der Waals surface area contributed by atoms with Crippen molar-refractivity contribution in [2.45, 2.75) is 186 Å². The average Bonchev–Trinajstić information content (AvgIpc) is 3.76. The first-order valence-corrected chi connectivity index (χ1v) is 23.6. The van der Waals surface area contributed by atoms with Crippen molar-refractivity contribution in [1.29, 1.82) is 0 Å². The van der Waals surface area contributed by atoms with Gasteiger partial charge in [0.05, 0.1) is 40.2 Å². The monoisotopic (exact) mass is 930 g/mol. The molecule has 5 N–H and O–H groups in total. The molecular formula is C47H75N7O12. The number of hydrogen-bond acceptors (Lipinski definition) is 17. The summed E-state index contributed by atoms with van der Waals surface area (Å²) in [6, 6.07) is 6.10. The summed E-state index contributed by atoms with van der Waals surface area (Å²) >= 11 is 0. The van der Waals surface area contributed by atoms with Crippen LogP contribution < -0.4 is 5.73 Å². The lowest BCUT2D eigenvalue weighted by Gasteiger charge is -2.47. The minimum Gasteiger partial charge on any atom is -0.459 e. The molecule has 2 saturated heterocycles. The van der Waals surface area contributed by atoms with Gasteiger partial charge < -0.3 is 49.7 Å². The molecule has 1 aliphatic carbocycles. The fourth-order valence-corrected chi connectivity index (χ4v) is 9.92. The van der Waals surface area contributed by atoms with Crippen molar-refractivity contribution in [2.24, 2.45) is 34.6 Å². The number of benzene rings is 1. The third kappa shape index (κ3) is 12.8. The van der Waals surface area contributed by atoms with Gasteiger partial charge in [-0.15, -0.1) is 5.10 Å². The van der Waals surface area contributed by atoms with E-state index in [1.54, 1.807) is 44.5 Å². The van der Waals surface area contributed by atoms with Gasteiger partial charge in [-0.05, 0) is 91.7 Å². The van der Waals surface area contributed by atoms with Crippen LogP contribution in [0.2, 0.25) is 0 Å². The molecule has 1 aromatic heterocycles. The number of oxime groups is 1. The number of methoxy groups -OCH3 is 1. The number of esters is 1. The molecule has 0 unspecified atom stereocenters. The maximum absolute atomic E-state index is 14.4. The molecule has 0 radical (unpaired) electrons. The highest BCUT2D eigenvalue weighted by molar-refractivity contribution is 6.00. The van der Waals surface area contributed by atoms with Gasteiger partial charge in [0.15, 0.2) is 12.1 Å². The molecule has 0 amide bonds. The number of aromatic nitrogens is 3. The Labute approximate surface area is 388 Å². The van der Waals surface area contributed by atoms with Gasteiger partial charge in [-0.1, -0.05) is 50.2 Å². The van der Waals surface area contributed by atoms with E-state index < -0.39 is 88.3 Å². The Bertz CT molecular complexity index is 1940. The van der Waals surface area contributed by atoms with Crippen LogP contribution in [0.25, 0.3) is 0 Å². The number of aliphatic hydroxyl groups is 3. The summed E-state index contributed by atoms with van der Waals surface area (Å²) < 4.78 is 27.0. The molecule has 19 nitrogen and oxygen atoms in total. The lowest BCUT2D eigenvalue weighted by Crippen LogP contribution is -2.60. The smallest absolute Gasteiger partial charge is 0.316 e. The molecule has 1 saturated carbocycles. The molecule has 5 rings (SSSR count). The Hall–Kier alpha value is -3.95. The quantitative estimate of drug-likeness (QED) is 0.0898. The number of carbonyl (C=O) groups is 2. The van der Waals surface area contributed by atoms with Crippen LogP contribution in [0.4, 0.5) is 5.69 Å². The van der Waals surface area contributed by atoms with E-state index in [-0.39, 0.29) is 36.8 Å². The Morgan fingerprint density at radius 3 is 2.33 bits per heavy atom. The van der Waals surface area contributed by atoms with Crippen LogP contribution in [-0.2, 0) is 52.8 Å². The molecular weight excluding hydrogens is 855 g/mol. The molecule has 370 valence electrons. The maximum atomic E-state index is 14.4. The van der Waals surface area contributed by atoms with E-state index in [0.29, 0.717) is 50.9 Å². The number of rotatable bonds is 14. The lowest BCUT2D eigenvalue weighted by atomic mass is 9.74. The number of carbonyl (C=O) groups excluding carboxylic acids is 2. The fourth-order valence-electron chi connectivity index (χ4n) is 9.92. The highest BCUT2D eigenvalue weighted by atomic mass is 16.7. The van der Waals surface area contributed by atoms with E-state index >= 15 is 0 Å². The van der Waals surface area contributed by atoms with Gasteiger partial charge in [0.1, 0.15) is 29.8 Å². The van der Waals surface area contributed by atoms with Crippen molar-refractivity contribution in [3.63, 3.8) is 0 Å². The molecule has 3 fully saturated rings. The third-order valence-corrected chi connectivity index (χ3v) is 14.4. The molecule has 3 heterocycles. The number of cyclic esters (lactones) is 1. The van der Waals surface area contributed by atoms with E-state index in [9.17, 15) is 35.0 Å². The molecule has 0 bridgehead atoms. The zero-order chi connectivity index (χ0) is 48.7. The number of likely N-dealkylation sites (N-methyl/N-ethyl adjacent to an activating group) is 1. The number of ketones is 1. The standard InChI is InChI=1S/C47H75N7O12/c1-11-38-47(8,59)42(57)29(4)39(50-66-36-18-14-33(48)15-19-36)27(2)25-46(7,62-10)43(30(5)40(55)31(6)44(58)64-38)65-45-41(56)37(24-28(3)63-45)52(9)22-21-34-26-53(51-49-34)23-20-32-12-16-35(17-13-32)54(60)61/h12-13,16-17,26-31,33,36-38,41-43,45,56-57,59H,11,14-15,18-25,48H2,1-10H3/b50-39+/t27-,28-,29+,30+,31-,33?,36?,37+,38-,41-,42-,43-,45+,46-,47-/m1/s1. The number of nitrogens with zero attached hydrogens (tertiary/aromatic N) is 6. The Kier molecular flexibility index (Phi) is 18.4. The number of ether oxygens (including phenoxy) is 4. The highest BCUT2D eigenvalue weighted by Crippen LogP contribution is 2.39. The van der Waals surface area contributed by atoms with Crippen LogP contribution >= 0.6 is 0 Å². The first kappa shape index (κ1) is 53.0. The molecule has 2 aliphatic heterocycles. The number of nitro benzene ring substituents is 1. The number of Topliss-reactive ketones (excluding diaryl/α,β-unsaturated/α-hetero) is 1. The number of aliphatic hydroxyl groups excluding tert-OH is 2. The van der Waals surface area contributed by atoms with Gasteiger partial charge in [0, 0.05) is 74.8 Å². The third-order valence-electron chi connectivity index (χ3n) is 14.4. The summed E-state index contributed by atoms with van der Waals surface area (Å²) in [6.45, 7) is 14.7. The Morgan fingerprint density at radius 2 is 1.71 bits per heavy atom. The zero-order valence-electron chi connectivity index (χ0n) is 40.4. The second-order valence-corrected chi connectivity index (χ2v) is 19.5. The zero-order valence-corrected chi connectivity index (χ0v) is 40.4. The van der Waals surface area contributed by atoms with Gasteiger partial charge in [0.2, 0.25) is 0 Å². The predicted octanol–water partition coefficient (Wildman–Crippen LogP) is 4.15. The van der Waals surface area contributed by atoms with Gasteiger partial charge in [-0.2, -0.15) is 0 Å². The average molecular weight is 930 g/mol. The molecule has 0 spiro atoms. The van der Waals surface area contributed by atoms with Crippen LogP contribution in [0.1, 0.15) is 112 Å². The minimum atomic E-state index is -1.93.